The second-order valence-corrected chi connectivity index (χ2v) is 6.75. The zero-order valence-corrected chi connectivity index (χ0v) is 12.3. The molecule has 106 valence electrons. The van der Waals surface area contributed by atoms with E-state index in [1.807, 2.05) is 0 Å². The lowest BCUT2D eigenvalue weighted by Gasteiger charge is -2.40. The molecule has 0 aromatic carbocycles. The molecular formula is C16H32N2. The topological polar surface area (TPSA) is 29.3 Å². The zero-order chi connectivity index (χ0) is 12.8. The summed E-state index contributed by atoms with van der Waals surface area (Å²) in [4.78, 5) is 2.71. The van der Waals surface area contributed by atoms with Gasteiger partial charge in [0.15, 0.2) is 0 Å². The van der Waals surface area contributed by atoms with E-state index in [0.29, 0.717) is 5.41 Å². The molecule has 2 rings (SSSR count). The third-order valence-electron chi connectivity index (χ3n) is 5.44. The van der Waals surface area contributed by atoms with Crippen LogP contribution < -0.4 is 5.73 Å². The largest absolute Gasteiger partial charge is 0.330 e. The predicted molar refractivity (Wildman–Crippen MR) is 78.6 cm³/mol. The molecule has 2 heteroatoms. The van der Waals surface area contributed by atoms with Gasteiger partial charge in [0.25, 0.3) is 0 Å². The first kappa shape index (κ1) is 14.3. The van der Waals surface area contributed by atoms with Crippen LogP contribution in [0.15, 0.2) is 0 Å². The molecule has 2 N–H and O–H groups in total. The molecule has 0 spiro atoms. The SMILES string of the molecule is CCC1CCN(CC2(CN)CCCCCC2)CC1. The normalized spacial score (nSPS) is 27.0. The lowest BCUT2D eigenvalue weighted by molar-refractivity contribution is 0.100. The van der Waals surface area contributed by atoms with Gasteiger partial charge in [0.1, 0.15) is 0 Å². The van der Waals surface area contributed by atoms with E-state index in [1.54, 1.807) is 0 Å². The second-order valence-electron chi connectivity index (χ2n) is 6.75. The molecule has 0 bridgehead atoms. The molecule has 0 aromatic heterocycles. The van der Waals surface area contributed by atoms with E-state index in [9.17, 15) is 0 Å². The first-order chi connectivity index (χ1) is 8.78. The summed E-state index contributed by atoms with van der Waals surface area (Å²) in [5.41, 5.74) is 6.61. The first-order valence-electron chi connectivity index (χ1n) is 8.20. The maximum absolute atomic E-state index is 6.15. The summed E-state index contributed by atoms with van der Waals surface area (Å²) in [5.74, 6) is 0.990. The lowest BCUT2D eigenvalue weighted by atomic mass is 9.79. The monoisotopic (exact) mass is 252 g/mol. The molecule has 0 unspecified atom stereocenters. The maximum Gasteiger partial charge on any atom is 0.00501 e. The van der Waals surface area contributed by atoms with Crippen LogP contribution in [0.1, 0.15) is 64.7 Å². The molecule has 1 aliphatic heterocycles. The maximum atomic E-state index is 6.15. The number of rotatable bonds is 4. The van der Waals surface area contributed by atoms with Crippen molar-refractivity contribution in [2.75, 3.05) is 26.2 Å². The van der Waals surface area contributed by atoms with Crippen molar-refractivity contribution in [2.45, 2.75) is 64.7 Å². The molecule has 0 aromatic rings. The lowest BCUT2D eigenvalue weighted by Crippen LogP contribution is -2.45. The molecule has 0 amide bonds. The smallest absolute Gasteiger partial charge is 0.00501 e. The third kappa shape index (κ3) is 3.71. The van der Waals surface area contributed by atoms with Crippen molar-refractivity contribution in [3.8, 4) is 0 Å². The Hall–Kier alpha value is -0.0800. The second kappa shape index (κ2) is 6.91. The highest BCUT2D eigenvalue weighted by Crippen LogP contribution is 2.36. The Bertz CT molecular complexity index is 223. The number of likely N-dealkylation sites (tertiary alicyclic amines) is 1. The molecule has 2 nitrogen and oxygen atoms in total. The Morgan fingerprint density at radius 1 is 1.06 bits per heavy atom. The minimum absolute atomic E-state index is 0.454. The minimum Gasteiger partial charge on any atom is -0.330 e. The Balaban J connectivity index is 1.85. The summed E-state index contributed by atoms with van der Waals surface area (Å²) in [6.45, 7) is 7.16. The standard InChI is InChI=1S/C16H32N2/c1-2-15-7-11-18(12-8-15)14-16(13-17)9-5-3-4-6-10-16/h15H,2-14,17H2,1H3. The van der Waals surface area contributed by atoms with Crippen LogP contribution in [0.5, 0.6) is 0 Å². The van der Waals surface area contributed by atoms with Crippen molar-refractivity contribution in [1.29, 1.82) is 0 Å². The predicted octanol–water partition coefficient (Wildman–Crippen LogP) is 3.41. The van der Waals surface area contributed by atoms with E-state index in [1.165, 1.54) is 77.4 Å². The van der Waals surface area contributed by atoms with Gasteiger partial charge in [-0.3, -0.25) is 0 Å². The van der Waals surface area contributed by atoms with Gasteiger partial charge in [0.2, 0.25) is 0 Å². The van der Waals surface area contributed by atoms with Crippen LogP contribution in [0.2, 0.25) is 0 Å². The summed E-state index contributed by atoms with van der Waals surface area (Å²) in [5, 5.41) is 0. The minimum atomic E-state index is 0.454. The summed E-state index contributed by atoms with van der Waals surface area (Å²) in [6.07, 6.45) is 12.6. The average Bonchev–Trinajstić information content (AvgIpc) is 2.66. The van der Waals surface area contributed by atoms with Crippen molar-refractivity contribution in [2.24, 2.45) is 17.1 Å². The number of nitrogens with zero attached hydrogens (tertiary/aromatic N) is 1. The number of hydrogen-bond acceptors (Lipinski definition) is 2. The molecule has 0 radical (unpaired) electrons. The van der Waals surface area contributed by atoms with Crippen molar-refractivity contribution in [3.05, 3.63) is 0 Å². The fourth-order valence-corrected chi connectivity index (χ4v) is 3.93. The molecular weight excluding hydrogens is 220 g/mol. The van der Waals surface area contributed by atoms with E-state index in [4.69, 9.17) is 5.73 Å². The van der Waals surface area contributed by atoms with Crippen LogP contribution in [0.25, 0.3) is 0 Å². The highest BCUT2D eigenvalue weighted by Gasteiger charge is 2.32. The Morgan fingerprint density at radius 3 is 2.17 bits per heavy atom. The van der Waals surface area contributed by atoms with Gasteiger partial charge in [0.05, 0.1) is 0 Å². The fraction of sp³-hybridized carbons (Fsp3) is 1.00. The van der Waals surface area contributed by atoms with Crippen LogP contribution >= 0.6 is 0 Å². The summed E-state index contributed by atoms with van der Waals surface area (Å²) >= 11 is 0. The molecule has 1 aliphatic carbocycles. The molecule has 0 atom stereocenters. The number of hydrogen-bond donors (Lipinski definition) is 1. The van der Waals surface area contributed by atoms with Gasteiger partial charge in [-0.25, -0.2) is 0 Å². The van der Waals surface area contributed by atoms with Crippen molar-refractivity contribution in [3.63, 3.8) is 0 Å². The van der Waals surface area contributed by atoms with E-state index < -0.39 is 0 Å². The van der Waals surface area contributed by atoms with E-state index in [2.05, 4.69) is 11.8 Å². The molecule has 1 saturated carbocycles. The van der Waals surface area contributed by atoms with Gasteiger partial charge in [-0.15, -0.1) is 0 Å². The van der Waals surface area contributed by atoms with Crippen LogP contribution in [0, 0.1) is 11.3 Å². The van der Waals surface area contributed by atoms with Crippen LogP contribution in [0.3, 0.4) is 0 Å². The quantitative estimate of drug-likeness (QED) is 0.777. The van der Waals surface area contributed by atoms with Gasteiger partial charge in [-0.1, -0.05) is 39.0 Å². The van der Waals surface area contributed by atoms with Gasteiger partial charge >= 0.3 is 0 Å². The van der Waals surface area contributed by atoms with Crippen LogP contribution in [-0.4, -0.2) is 31.1 Å². The summed E-state index contributed by atoms with van der Waals surface area (Å²) < 4.78 is 0. The molecule has 1 saturated heterocycles. The van der Waals surface area contributed by atoms with Crippen LogP contribution in [0.4, 0.5) is 0 Å². The summed E-state index contributed by atoms with van der Waals surface area (Å²) in [7, 11) is 0. The Kier molecular flexibility index (Phi) is 5.50. The molecule has 18 heavy (non-hydrogen) atoms. The van der Waals surface area contributed by atoms with Gasteiger partial charge in [-0.05, 0) is 56.7 Å². The van der Waals surface area contributed by atoms with Crippen LogP contribution in [-0.2, 0) is 0 Å². The van der Waals surface area contributed by atoms with Crippen molar-refractivity contribution < 1.29 is 0 Å². The first-order valence-corrected chi connectivity index (χ1v) is 8.20. The third-order valence-corrected chi connectivity index (χ3v) is 5.44. The Labute approximate surface area is 113 Å². The molecule has 2 fully saturated rings. The van der Waals surface area contributed by atoms with Gasteiger partial charge in [0, 0.05) is 6.54 Å². The molecule has 1 heterocycles. The molecule has 2 aliphatic rings. The van der Waals surface area contributed by atoms with E-state index in [-0.39, 0.29) is 0 Å². The van der Waals surface area contributed by atoms with E-state index in [0.717, 1.165) is 12.5 Å². The number of nitrogens with two attached hydrogens (primary N) is 1. The average molecular weight is 252 g/mol. The fourth-order valence-electron chi connectivity index (χ4n) is 3.93. The van der Waals surface area contributed by atoms with Crippen molar-refractivity contribution in [1.82, 2.24) is 4.90 Å². The highest BCUT2D eigenvalue weighted by atomic mass is 15.1. The zero-order valence-electron chi connectivity index (χ0n) is 12.3. The summed E-state index contributed by atoms with van der Waals surface area (Å²) in [6, 6.07) is 0. The van der Waals surface area contributed by atoms with Gasteiger partial charge in [-0.2, -0.15) is 0 Å². The highest BCUT2D eigenvalue weighted by molar-refractivity contribution is 4.87. The Morgan fingerprint density at radius 2 is 1.67 bits per heavy atom. The van der Waals surface area contributed by atoms with E-state index >= 15 is 0 Å². The van der Waals surface area contributed by atoms with Crippen molar-refractivity contribution >= 4 is 0 Å². The van der Waals surface area contributed by atoms with Gasteiger partial charge < -0.3 is 10.6 Å². The number of piperidine rings is 1.